The van der Waals surface area contributed by atoms with Crippen molar-refractivity contribution >= 4 is 17.5 Å². The number of aromatic amines is 1. The number of benzene rings is 1. The predicted octanol–water partition coefficient (Wildman–Crippen LogP) is 4.40. The van der Waals surface area contributed by atoms with Gasteiger partial charge in [0.2, 0.25) is 5.91 Å². The van der Waals surface area contributed by atoms with Crippen LogP contribution in [0, 0.1) is 19.8 Å². The second-order valence-corrected chi connectivity index (χ2v) is 8.40. The molecular formula is C23H25F3N4O2. The van der Waals surface area contributed by atoms with Gasteiger partial charge in [-0.15, -0.1) is 0 Å². The van der Waals surface area contributed by atoms with E-state index in [1.165, 1.54) is 5.01 Å². The van der Waals surface area contributed by atoms with Crippen molar-refractivity contribution < 1.29 is 22.8 Å². The number of rotatable bonds is 5. The van der Waals surface area contributed by atoms with Crippen LogP contribution in [0.4, 0.5) is 13.2 Å². The molecule has 2 aromatic rings. The van der Waals surface area contributed by atoms with Crippen molar-refractivity contribution in [2.24, 2.45) is 11.0 Å². The van der Waals surface area contributed by atoms with Crippen molar-refractivity contribution in [2.45, 2.75) is 51.7 Å². The summed E-state index contributed by atoms with van der Waals surface area (Å²) in [5.41, 5.74) is 3.46. The van der Waals surface area contributed by atoms with Gasteiger partial charge >= 0.3 is 6.18 Å². The molecule has 9 heteroatoms. The fraction of sp³-hybridized carbons (Fsp3) is 0.435. The Morgan fingerprint density at radius 3 is 2.47 bits per heavy atom. The first-order valence-electron chi connectivity index (χ1n) is 10.7. The Bertz CT molecular complexity index is 1060. The molecule has 0 radical (unpaired) electrons. The number of aryl methyl sites for hydroxylation is 1. The highest BCUT2D eigenvalue weighted by Gasteiger charge is 2.40. The molecule has 32 heavy (non-hydrogen) atoms. The van der Waals surface area contributed by atoms with Gasteiger partial charge in [-0.1, -0.05) is 36.8 Å². The SMILES string of the molecule is Cc1[nH]c(C2CC(c3ccccc3)=NN2C(=O)C2CCC2)c(C)c1C(=O)NCC(F)(F)F. The normalized spacial score (nSPS) is 19.0. The van der Waals surface area contributed by atoms with Crippen molar-refractivity contribution in [2.75, 3.05) is 6.54 Å². The summed E-state index contributed by atoms with van der Waals surface area (Å²) in [6, 6.07) is 9.11. The smallest absolute Gasteiger partial charge is 0.360 e. The van der Waals surface area contributed by atoms with E-state index in [0.717, 1.165) is 30.5 Å². The summed E-state index contributed by atoms with van der Waals surface area (Å²) in [5, 5.41) is 8.08. The van der Waals surface area contributed by atoms with E-state index in [0.29, 0.717) is 23.4 Å². The molecule has 1 aliphatic heterocycles. The van der Waals surface area contributed by atoms with E-state index >= 15 is 0 Å². The summed E-state index contributed by atoms with van der Waals surface area (Å²) >= 11 is 0. The number of alkyl halides is 3. The van der Waals surface area contributed by atoms with E-state index in [-0.39, 0.29) is 17.4 Å². The number of carbonyl (C=O) groups is 2. The Labute approximate surface area is 183 Å². The molecule has 0 bridgehead atoms. The van der Waals surface area contributed by atoms with E-state index in [2.05, 4.69) is 10.1 Å². The lowest BCUT2D eigenvalue weighted by Crippen LogP contribution is -2.36. The third kappa shape index (κ3) is 4.28. The van der Waals surface area contributed by atoms with E-state index in [9.17, 15) is 22.8 Å². The van der Waals surface area contributed by atoms with Crippen LogP contribution in [0.15, 0.2) is 35.4 Å². The Balaban J connectivity index is 1.65. The Morgan fingerprint density at radius 1 is 1.19 bits per heavy atom. The summed E-state index contributed by atoms with van der Waals surface area (Å²) in [7, 11) is 0. The van der Waals surface area contributed by atoms with Crippen LogP contribution in [-0.2, 0) is 4.79 Å². The first-order valence-corrected chi connectivity index (χ1v) is 10.7. The van der Waals surface area contributed by atoms with Crippen LogP contribution >= 0.6 is 0 Å². The second kappa shape index (κ2) is 8.44. The summed E-state index contributed by atoms with van der Waals surface area (Å²) < 4.78 is 37.7. The lowest BCUT2D eigenvalue weighted by Gasteiger charge is -2.30. The van der Waals surface area contributed by atoms with Crippen LogP contribution < -0.4 is 5.32 Å². The van der Waals surface area contributed by atoms with Crippen LogP contribution in [0.3, 0.4) is 0 Å². The van der Waals surface area contributed by atoms with Gasteiger partial charge in [0, 0.05) is 23.7 Å². The molecule has 0 spiro atoms. The van der Waals surface area contributed by atoms with Crippen molar-refractivity contribution in [3.8, 4) is 0 Å². The van der Waals surface area contributed by atoms with Gasteiger partial charge in [-0.2, -0.15) is 18.3 Å². The average molecular weight is 446 g/mol. The molecule has 1 saturated carbocycles. The van der Waals surface area contributed by atoms with Gasteiger partial charge in [0.15, 0.2) is 0 Å². The summed E-state index contributed by atoms with van der Waals surface area (Å²) in [6.07, 6.45) is -1.38. The lowest BCUT2D eigenvalue weighted by molar-refractivity contribution is -0.140. The van der Waals surface area contributed by atoms with Gasteiger partial charge in [0.05, 0.1) is 11.3 Å². The molecule has 1 aromatic heterocycles. The number of hydrogen-bond acceptors (Lipinski definition) is 3. The standard InChI is InChI=1S/C23H25F3N4O2/c1-13-19(21(31)27-12-23(24,25)26)14(2)28-20(13)18-11-17(15-7-4-3-5-8-15)29-30(18)22(32)16-9-6-10-16/h3-5,7-8,16,18,28H,6,9-12H2,1-2H3,(H,27,31). The Morgan fingerprint density at radius 2 is 1.88 bits per heavy atom. The van der Waals surface area contributed by atoms with Crippen molar-refractivity contribution in [3.05, 3.63) is 58.4 Å². The van der Waals surface area contributed by atoms with Crippen molar-refractivity contribution in [1.29, 1.82) is 0 Å². The maximum absolute atomic E-state index is 13.1. The number of amides is 2. The molecule has 1 aliphatic carbocycles. The Hall–Kier alpha value is -3.10. The van der Waals surface area contributed by atoms with Crippen LogP contribution in [0.1, 0.15) is 64.6 Å². The molecule has 0 saturated heterocycles. The number of carbonyl (C=O) groups excluding carboxylic acids is 2. The molecule has 1 aromatic carbocycles. The topological polar surface area (TPSA) is 77.6 Å². The number of hydrazone groups is 1. The second-order valence-electron chi connectivity index (χ2n) is 8.40. The highest BCUT2D eigenvalue weighted by molar-refractivity contribution is 6.03. The number of aromatic nitrogens is 1. The van der Waals surface area contributed by atoms with Gasteiger partial charge in [0.25, 0.3) is 5.91 Å². The zero-order valence-corrected chi connectivity index (χ0v) is 17.9. The highest BCUT2D eigenvalue weighted by Crippen LogP contribution is 2.39. The van der Waals surface area contributed by atoms with Crippen molar-refractivity contribution in [1.82, 2.24) is 15.3 Å². The predicted molar refractivity (Wildman–Crippen MR) is 113 cm³/mol. The van der Waals surface area contributed by atoms with Crippen LogP contribution in [0.2, 0.25) is 0 Å². The van der Waals surface area contributed by atoms with E-state index in [1.807, 2.05) is 35.6 Å². The first kappa shape index (κ1) is 22.1. The van der Waals surface area contributed by atoms with Gasteiger partial charge in [-0.25, -0.2) is 5.01 Å². The van der Waals surface area contributed by atoms with Crippen LogP contribution in [0.25, 0.3) is 0 Å². The number of halogens is 3. The lowest BCUT2D eigenvalue weighted by atomic mass is 9.84. The van der Waals surface area contributed by atoms with Gasteiger partial charge in [0.1, 0.15) is 12.6 Å². The third-order valence-corrected chi connectivity index (χ3v) is 6.18. The van der Waals surface area contributed by atoms with E-state index in [1.54, 1.807) is 13.8 Å². The molecule has 6 nitrogen and oxygen atoms in total. The van der Waals surface area contributed by atoms with Crippen LogP contribution in [-0.4, -0.2) is 40.2 Å². The molecule has 1 atom stereocenters. The monoisotopic (exact) mass is 446 g/mol. The average Bonchev–Trinajstić information content (AvgIpc) is 3.26. The maximum atomic E-state index is 13.1. The van der Waals surface area contributed by atoms with Crippen LogP contribution in [0.5, 0.6) is 0 Å². The Kier molecular flexibility index (Phi) is 5.83. The molecule has 170 valence electrons. The fourth-order valence-corrected chi connectivity index (χ4v) is 4.30. The van der Waals surface area contributed by atoms with Gasteiger partial charge < -0.3 is 10.3 Å². The molecule has 2 aliphatic rings. The zero-order valence-electron chi connectivity index (χ0n) is 17.9. The molecule has 1 fully saturated rings. The molecule has 4 rings (SSSR count). The fourth-order valence-electron chi connectivity index (χ4n) is 4.30. The number of H-pyrrole nitrogens is 1. The van der Waals surface area contributed by atoms with Crippen molar-refractivity contribution in [3.63, 3.8) is 0 Å². The summed E-state index contributed by atoms with van der Waals surface area (Å²) in [6.45, 7) is 1.93. The number of hydrogen-bond donors (Lipinski definition) is 2. The zero-order chi connectivity index (χ0) is 23.0. The minimum atomic E-state index is -4.49. The number of nitrogens with zero attached hydrogens (tertiary/aromatic N) is 2. The van der Waals surface area contributed by atoms with Gasteiger partial charge in [-0.05, 0) is 37.8 Å². The summed E-state index contributed by atoms with van der Waals surface area (Å²) in [4.78, 5) is 28.8. The van der Waals surface area contributed by atoms with E-state index < -0.39 is 24.7 Å². The number of nitrogens with one attached hydrogen (secondary N) is 2. The molecule has 2 N–H and O–H groups in total. The first-order chi connectivity index (χ1) is 15.2. The quantitative estimate of drug-likeness (QED) is 0.714. The highest BCUT2D eigenvalue weighted by atomic mass is 19.4. The maximum Gasteiger partial charge on any atom is 0.405 e. The summed E-state index contributed by atoms with van der Waals surface area (Å²) in [5.74, 6) is -0.914. The van der Waals surface area contributed by atoms with Gasteiger partial charge in [-0.3, -0.25) is 9.59 Å². The largest absolute Gasteiger partial charge is 0.405 e. The minimum absolute atomic E-state index is 0.0538. The minimum Gasteiger partial charge on any atom is -0.360 e. The third-order valence-electron chi connectivity index (χ3n) is 6.18. The molecule has 1 unspecified atom stereocenters. The van der Waals surface area contributed by atoms with E-state index in [4.69, 9.17) is 0 Å². The molecular weight excluding hydrogens is 421 g/mol. The molecule has 2 amide bonds. The molecule has 2 heterocycles.